The van der Waals surface area contributed by atoms with Gasteiger partial charge in [0, 0.05) is 18.1 Å². The quantitative estimate of drug-likeness (QED) is 0.277. The smallest absolute Gasteiger partial charge is 0.328 e. The summed E-state index contributed by atoms with van der Waals surface area (Å²) >= 11 is 1.51. The Kier molecular flexibility index (Phi) is 6.61. The highest BCUT2D eigenvalue weighted by Gasteiger charge is 2.30. The van der Waals surface area contributed by atoms with Crippen LogP contribution in [0.15, 0.2) is 5.18 Å². The lowest BCUT2D eigenvalue weighted by molar-refractivity contribution is -0.150. The number of esters is 1. The zero-order valence-electron chi connectivity index (χ0n) is 9.54. The number of hydrogen-bond donors (Lipinski definition) is 0. The highest BCUT2D eigenvalue weighted by Crippen LogP contribution is 2.16. The number of rotatable bonds is 8. The third-order valence-corrected chi connectivity index (χ3v) is 3.43. The number of thioether (sulfide) groups is 1. The summed E-state index contributed by atoms with van der Waals surface area (Å²) < 4.78 is 5.07. The predicted octanol–water partition coefficient (Wildman–Crippen LogP) is 0.650. The molecule has 0 aromatic rings. The zero-order valence-corrected chi connectivity index (χ0v) is 10.4. The third kappa shape index (κ3) is 4.72. The Morgan fingerprint density at radius 1 is 1.53 bits per heavy atom. The van der Waals surface area contributed by atoms with Gasteiger partial charge in [0.15, 0.2) is 0 Å². The number of hydrogen-bond acceptors (Lipinski definition) is 6. The van der Waals surface area contributed by atoms with Gasteiger partial charge in [0.2, 0.25) is 6.41 Å². The molecule has 0 bridgehead atoms. The van der Waals surface area contributed by atoms with Gasteiger partial charge in [-0.1, -0.05) is 5.18 Å². The molecule has 0 aromatic carbocycles. The van der Waals surface area contributed by atoms with Crippen LogP contribution in [0.1, 0.15) is 12.8 Å². The summed E-state index contributed by atoms with van der Waals surface area (Å²) in [6, 6.07) is -0.408. The maximum atomic E-state index is 11.6. The summed E-state index contributed by atoms with van der Waals surface area (Å²) in [6.07, 6.45) is 2.22. The van der Waals surface area contributed by atoms with Crippen LogP contribution in [-0.2, 0) is 14.3 Å². The number of likely N-dealkylation sites (tertiary alicyclic amines) is 1. The van der Waals surface area contributed by atoms with E-state index in [1.165, 1.54) is 16.7 Å². The molecule has 0 saturated carbocycles. The highest BCUT2D eigenvalue weighted by molar-refractivity contribution is 7.99. The fraction of sp³-hybridized carbons (Fsp3) is 0.800. The van der Waals surface area contributed by atoms with Gasteiger partial charge in [0.1, 0.15) is 12.6 Å². The maximum absolute atomic E-state index is 11.6. The van der Waals surface area contributed by atoms with Crippen LogP contribution in [0.2, 0.25) is 0 Å². The third-order valence-electron chi connectivity index (χ3n) is 2.50. The Morgan fingerprint density at radius 2 is 2.35 bits per heavy atom. The molecule has 1 atom stereocenters. The number of nitrogens with zero attached hydrogens (tertiary/aromatic N) is 2. The molecule has 1 saturated heterocycles. The second-order valence-electron chi connectivity index (χ2n) is 3.63. The van der Waals surface area contributed by atoms with E-state index in [1.807, 2.05) is 0 Å². The Hall–Kier alpha value is -1.11. The van der Waals surface area contributed by atoms with Gasteiger partial charge in [-0.3, -0.25) is 4.79 Å². The predicted molar refractivity (Wildman–Crippen MR) is 64.7 cm³/mol. The highest BCUT2D eigenvalue weighted by atomic mass is 32.2. The van der Waals surface area contributed by atoms with Crippen molar-refractivity contribution in [1.82, 2.24) is 4.90 Å². The summed E-state index contributed by atoms with van der Waals surface area (Å²) in [7, 11) is 0. The topological polar surface area (TPSA) is 76.0 Å². The van der Waals surface area contributed by atoms with E-state index in [0.717, 1.165) is 6.42 Å². The van der Waals surface area contributed by atoms with E-state index in [4.69, 9.17) is 4.74 Å². The molecule has 96 valence electrons. The molecule has 0 aliphatic carbocycles. The van der Waals surface area contributed by atoms with E-state index >= 15 is 0 Å². The van der Waals surface area contributed by atoms with Gasteiger partial charge >= 0.3 is 5.97 Å². The van der Waals surface area contributed by atoms with Crippen LogP contribution in [0.3, 0.4) is 0 Å². The monoisotopic (exact) mass is 260 g/mol. The normalized spacial score (nSPS) is 19.1. The van der Waals surface area contributed by atoms with Crippen molar-refractivity contribution in [3.63, 3.8) is 0 Å². The van der Waals surface area contributed by atoms with Crippen LogP contribution in [-0.4, -0.2) is 54.5 Å². The number of carbonyl (C=O) groups excluding carboxylic acids is 2. The molecule has 17 heavy (non-hydrogen) atoms. The molecular formula is C10H16N2O4S. The molecule has 1 aliphatic heterocycles. The van der Waals surface area contributed by atoms with Gasteiger partial charge in [0.25, 0.3) is 0 Å². The van der Waals surface area contributed by atoms with Gasteiger partial charge in [-0.05, 0) is 12.8 Å². The maximum Gasteiger partial charge on any atom is 0.328 e. The molecule has 1 heterocycles. The van der Waals surface area contributed by atoms with Crippen LogP contribution >= 0.6 is 11.8 Å². The summed E-state index contributed by atoms with van der Waals surface area (Å²) in [4.78, 5) is 33.5. The van der Waals surface area contributed by atoms with Crippen LogP contribution in [0, 0.1) is 4.91 Å². The summed E-state index contributed by atoms with van der Waals surface area (Å²) in [6.45, 7) is 1.22. The first-order valence-electron chi connectivity index (χ1n) is 5.54. The van der Waals surface area contributed by atoms with Crippen LogP contribution in [0.25, 0.3) is 0 Å². The summed E-state index contributed by atoms with van der Waals surface area (Å²) in [5, 5.41) is 2.73. The molecule has 0 N–H and O–H groups in total. The number of ether oxygens (including phenoxy) is 1. The van der Waals surface area contributed by atoms with Crippen molar-refractivity contribution in [3.8, 4) is 0 Å². The van der Waals surface area contributed by atoms with E-state index in [0.29, 0.717) is 37.5 Å². The van der Waals surface area contributed by atoms with Gasteiger partial charge < -0.3 is 9.64 Å². The fourth-order valence-corrected chi connectivity index (χ4v) is 2.28. The van der Waals surface area contributed by atoms with E-state index in [2.05, 4.69) is 5.18 Å². The first-order chi connectivity index (χ1) is 8.29. The van der Waals surface area contributed by atoms with Crippen molar-refractivity contribution >= 4 is 24.1 Å². The number of carbonyl (C=O) groups is 2. The minimum Gasteiger partial charge on any atom is -0.463 e. The van der Waals surface area contributed by atoms with Crippen molar-refractivity contribution < 1.29 is 14.3 Å². The molecule has 1 rings (SSSR count). The molecule has 1 fully saturated rings. The number of amides is 1. The molecule has 7 heteroatoms. The molecule has 0 radical (unpaired) electrons. The van der Waals surface area contributed by atoms with Gasteiger partial charge in [-0.2, -0.15) is 16.7 Å². The van der Waals surface area contributed by atoms with Crippen molar-refractivity contribution in [2.24, 2.45) is 5.18 Å². The van der Waals surface area contributed by atoms with Crippen molar-refractivity contribution in [1.29, 1.82) is 0 Å². The molecule has 6 nitrogen and oxygen atoms in total. The van der Waals surface area contributed by atoms with Crippen molar-refractivity contribution in [3.05, 3.63) is 4.91 Å². The molecular weight excluding hydrogens is 244 g/mol. The lowest BCUT2D eigenvalue weighted by atomic mass is 10.2. The number of nitroso groups, excluding NO2 is 1. The van der Waals surface area contributed by atoms with Crippen LogP contribution in [0.4, 0.5) is 0 Å². The molecule has 1 unspecified atom stereocenters. The van der Waals surface area contributed by atoms with Crippen LogP contribution < -0.4 is 0 Å². The minimum atomic E-state index is -0.408. The average molecular weight is 260 g/mol. The molecule has 1 aliphatic rings. The molecule has 0 aromatic heterocycles. The van der Waals surface area contributed by atoms with Gasteiger partial charge in [-0.25, -0.2) is 4.79 Å². The fourth-order valence-electron chi connectivity index (χ4n) is 1.67. The Balaban J connectivity index is 2.12. The van der Waals surface area contributed by atoms with E-state index < -0.39 is 6.04 Å². The zero-order chi connectivity index (χ0) is 12.5. The molecule has 1 amide bonds. The molecule has 0 spiro atoms. The SMILES string of the molecule is O=CN1CCCC1C(=O)OCCSCCN=O. The van der Waals surface area contributed by atoms with Crippen molar-refractivity contribution in [2.45, 2.75) is 18.9 Å². The van der Waals surface area contributed by atoms with Gasteiger partial charge in [-0.15, -0.1) is 0 Å². The standard InChI is InChI=1S/C10H16N2O4S/c13-8-12-4-1-2-9(12)10(14)16-5-7-17-6-3-11-15/h8-9H,1-7H2. The van der Waals surface area contributed by atoms with E-state index in [9.17, 15) is 14.5 Å². The second kappa shape index (κ2) is 8.05. The Bertz CT molecular complexity index is 275. The lowest BCUT2D eigenvalue weighted by Crippen LogP contribution is -2.36. The van der Waals surface area contributed by atoms with Crippen molar-refractivity contribution in [2.75, 3.05) is 31.2 Å². The largest absolute Gasteiger partial charge is 0.463 e. The average Bonchev–Trinajstić information content (AvgIpc) is 2.81. The first-order valence-corrected chi connectivity index (χ1v) is 6.69. The first kappa shape index (κ1) is 14.0. The Labute approximate surface area is 104 Å². The second-order valence-corrected chi connectivity index (χ2v) is 4.86. The minimum absolute atomic E-state index is 0.278. The summed E-state index contributed by atoms with van der Waals surface area (Å²) in [5.41, 5.74) is 0. The Morgan fingerprint density at radius 3 is 3.06 bits per heavy atom. The lowest BCUT2D eigenvalue weighted by Gasteiger charge is -2.18. The summed E-state index contributed by atoms with van der Waals surface area (Å²) in [5.74, 6) is 0.962. The van der Waals surface area contributed by atoms with Crippen LogP contribution in [0.5, 0.6) is 0 Å². The van der Waals surface area contributed by atoms with Gasteiger partial charge in [0.05, 0.1) is 6.54 Å². The van der Waals surface area contributed by atoms with E-state index in [1.54, 1.807) is 0 Å². The van der Waals surface area contributed by atoms with E-state index in [-0.39, 0.29) is 12.5 Å².